The van der Waals surface area contributed by atoms with E-state index >= 15 is 0 Å². The molecule has 1 aliphatic rings. The summed E-state index contributed by atoms with van der Waals surface area (Å²) in [5.41, 5.74) is 6.49. The molecule has 0 aromatic heterocycles. The summed E-state index contributed by atoms with van der Waals surface area (Å²) in [6.45, 7) is 7.62. The lowest BCUT2D eigenvalue weighted by molar-refractivity contribution is 0.565. The van der Waals surface area contributed by atoms with Crippen LogP contribution in [0.3, 0.4) is 0 Å². The molecule has 1 N–H and O–H groups in total. The van der Waals surface area contributed by atoms with E-state index in [1.54, 1.807) is 0 Å². The molecule has 0 radical (unpaired) electrons. The van der Waals surface area contributed by atoms with Gasteiger partial charge in [-0.2, -0.15) is 0 Å². The van der Waals surface area contributed by atoms with Crippen molar-refractivity contribution in [2.45, 2.75) is 64.3 Å². The van der Waals surface area contributed by atoms with E-state index in [2.05, 4.69) is 22.9 Å². The van der Waals surface area contributed by atoms with Crippen LogP contribution in [0.5, 0.6) is 0 Å². The molecule has 1 aliphatic carbocycles. The molecule has 3 rings (SSSR count). The van der Waals surface area contributed by atoms with Crippen LogP contribution in [-0.4, -0.2) is 8.42 Å². The van der Waals surface area contributed by atoms with Gasteiger partial charge in [0.2, 0.25) is 10.0 Å². The topological polar surface area (TPSA) is 46.2 Å². The Kier molecular flexibility index (Phi) is 5.03. The lowest BCUT2D eigenvalue weighted by atomic mass is 9.89. The van der Waals surface area contributed by atoms with E-state index in [1.807, 2.05) is 39.8 Å². The minimum Gasteiger partial charge on any atom is -0.207 e. The van der Waals surface area contributed by atoms with Crippen molar-refractivity contribution in [3.05, 3.63) is 63.7 Å². The summed E-state index contributed by atoms with van der Waals surface area (Å²) in [5.74, 6) is 0. The van der Waals surface area contributed by atoms with Crippen molar-refractivity contribution in [2.24, 2.45) is 0 Å². The second kappa shape index (κ2) is 6.93. The second-order valence-electron chi connectivity index (χ2n) is 7.31. The molecular formula is C21H27NO2S. The maximum Gasteiger partial charge on any atom is 0.241 e. The summed E-state index contributed by atoms with van der Waals surface area (Å²) in [6.07, 6.45) is 4.70. The van der Waals surface area contributed by atoms with Gasteiger partial charge in [-0.05, 0) is 81.2 Å². The lowest BCUT2D eigenvalue weighted by Gasteiger charge is -2.21. The smallest absolute Gasteiger partial charge is 0.207 e. The van der Waals surface area contributed by atoms with Crippen LogP contribution in [0.25, 0.3) is 0 Å². The van der Waals surface area contributed by atoms with Gasteiger partial charge in [0.15, 0.2) is 0 Å². The van der Waals surface area contributed by atoms with Gasteiger partial charge in [-0.25, -0.2) is 13.1 Å². The Morgan fingerprint density at radius 1 is 0.920 bits per heavy atom. The number of nitrogens with one attached hydrogen (secondary N) is 1. The fraction of sp³-hybridized carbons (Fsp3) is 0.429. The first-order valence-corrected chi connectivity index (χ1v) is 10.5. The number of hydrogen-bond acceptors (Lipinski definition) is 2. The third-order valence-corrected chi connectivity index (χ3v) is 6.92. The SMILES string of the molecule is Cc1cc(C)c(S(=O)(=O)N[C@H](C)c2ccc3c(c2)CCCC3)c(C)c1. The number of hydrogen-bond donors (Lipinski definition) is 1. The quantitative estimate of drug-likeness (QED) is 0.874. The van der Waals surface area contributed by atoms with Crippen molar-refractivity contribution in [2.75, 3.05) is 0 Å². The molecule has 4 heteroatoms. The third-order valence-electron chi connectivity index (χ3n) is 5.08. The highest BCUT2D eigenvalue weighted by Crippen LogP contribution is 2.27. The molecule has 0 aliphatic heterocycles. The predicted octanol–water partition coefficient (Wildman–Crippen LogP) is 4.53. The monoisotopic (exact) mass is 357 g/mol. The van der Waals surface area contributed by atoms with Gasteiger partial charge in [0.05, 0.1) is 4.90 Å². The first kappa shape index (κ1) is 18.2. The number of benzene rings is 2. The summed E-state index contributed by atoms with van der Waals surface area (Å²) in [7, 11) is -3.56. The summed E-state index contributed by atoms with van der Waals surface area (Å²) in [4.78, 5) is 0.405. The molecule has 25 heavy (non-hydrogen) atoms. The molecule has 0 bridgehead atoms. The fourth-order valence-electron chi connectivity index (χ4n) is 3.97. The highest BCUT2D eigenvalue weighted by molar-refractivity contribution is 7.89. The van der Waals surface area contributed by atoms with Crippen LogP contribution in [0.2, 0.25) is 0 Å². The summed E-state index contributed by atoms with van der Waals surface area (Å²) < 4.78 is 28.8. The molecule has 0 saturated carbocycles. The minimum atomic E-state index is -3.56. The van der Waals surface area contributed by atoms with E-state index in [1.165, 1.54) is 24.0 Å². The molecule has 1 atom stereocenters. The molecule has 0 heterocycles. The van der Waals surface area contributed by atoms with Crippen molar-refractivity contribution in [1.29, 1.82) is 0 Å². The zero-order valence-electron chi connectivity index (χ0n) is 15.5. The Labute approximate surface area is 151 Å². The zero-order chi connectivity index (χ0) is 18.2. The summed E-state index contributed by atoms with van der Waals surface area (Å²) in [6, 6.07) is 9.99. The molecule has 134 valence electrons. The van der Waals surface area contributed by atoms with Crippen molar-refractivity contribution in [3.63, 3.8) is 0 Å². The molecule has 0 amide bonds. The summed E-state index contributed by atoms with van der Waals surface area (Å²) in [5, 5.41) is 0. The van der Waals surface area contributed by atoms with Crippen molar-refractivity contribution >= 4 is 10.0 Å². The van der Waals surface area contributed by atoms with Gasteiger partial charge in [-0.1, -0.05) is 35.9 Å². The molecule has 2 aromatic rings. The average Bonchev–Trinajstić information content (AvgIpc) is 2.52. The lowest BCUT2D eigenvalue weighted by Crippen LogP contribution is -2.28. The van der Waals surface area contributed by atoms with Gasteiger partial charge < -0.3 is 0 Å². The number of fused-ring (bicyclic) bond motifs is 1. The van der Waals surface area contributed by atoms with Crippen LogP contribution in [0.4, 0.5) is 0 Å². The number of aryl methyl sites for hydroxylation is 5. The van der Waals surface area contributed by atoms with Crippen molar-refractivity contribution in [1.82, 2.24) is 4.72 Å². The van der Waals surface area contributed by atoms with Crippen LogP contribution in [0, 0.1) is 20.8 Å². The van der Waals surface area contributed by atoms with E-state index in [0.717, 1.165) is 35.1 Å². The first-order chi connectivity index (χ1) is 11.8. The van der Waals surface area contributed by atoms with E-state index in [4.69, 9.17) is 0 Å². The first-order valence-electron chi connectivity index (χ1n) is 9.00. The van der Waals surface area contributed by atoms with Gasteiger partial charge in [-0.15, -0.1) is 0 Å². The van der Waals surface area contributed by atoms with E-state index in [9.17, 15) is 8.42 Å². The van der Waals surface area contributed by atoms with Crippen LogP contribution in [0.1, 0.15) is 59.2 Å². The third kappa shape index (κ3) is 3.80. The van der Waals surface area contributed by atoms with Gasteiger partial charge >= 0.3 is 0 Å². The maximum atomic E-state index is 12.9. The molecule has 0 spiro atoms. The molecule has 0 saturated heterocycles. The van der Waals surface area contributed by atoms with Gasteiger partial charge in [0.1, 0.15) is 0 Å². The fourth-order valence-corrected chi connectivity index (χ4v) is 5.66. The Balaban J connectivity index is 1.88. The van der Waals surface area contributed by atoms with Crippen LogP contribution >= 0.6 is 0 Å². The number of rotatable bonds is 4. The van der Waals surface area contributed by atoms with E-state index in [-0.39, 0.29) is 6.04 Å². The predicted molar refractivity (Wildman–Crippen MR) is 102 cm³/mol. The summed E-state index contributed by atoms with van der Waals surface area (Å²) >= 11 is 0. The highest BCUT2D eigenvalue weighted by atomic mass is 32.2. The Hall–Kier alpha value is -1.65. The van der Waals surface area contributed by atoms with Crippen LogP contribution in [0.15, 0.2) is 35.2 Å². The largest absolute Gasteiger partial charge is 0.241 e. The van der Waals surface area contributed by atoms with Crippen LogP contribution < -0.4 is 4.72 Å². The normalized spacial score (nSPS) is 15.7. The van der Waals surface area contributed by atoms with Gasteiger partial charge in [0, 0.05) is 6.04 Å². The Bertz CT molecular complexity index is 877. The average molecular weight is 358 g/mol. The van der Waals surface area contributed by atoms with E-state index < -0.39 is 10.0 Å². The standard InChI is InChI=1S/C21H27NO2S/c1-14-11-15(2)21(16(3)12-14)25(23,24)22-17(4)19-10-9-18-7-5-6-8-20(18)13-19/h9-13,17,22H,5-8H2,1-4H3/t17-/m1/s1. The van der Waals surface area contributed by atoms with Gasteiger partial charge in [0.25, 0.3) is 0 Å². The molecule has 0 unspecified atom stereocenters. The second-order valence-corrected chi connectivity index (χ2v) is 8.96. The highest BCUT2D eigenvalue weighted by Gasteiger charge is 2.23. The molecule has 0 fully saturated rings. The Morgan fingerprint density at radius 2 is 1.52 bits per heavy atom. The van der Waals surface area contributed by atoms with Crippen molar-refractivity contribution in [3.8, 4) is 0 Å². The molecule has 2 aromatic carbocycles. The maximum absolute atomic E-state index is 12.9. The number of sulfonamides is 1. The Morgan fingerprint density at radius 3 is 2.16 bits per heavy atom. The van der Waals surface area contributed by atoms with Crippen LogP contribution in [-0.2, 0) is 22.9 Å². The van der Waals surface area contributed by atoms with E-state index in [0.29, 0.717) is 4.90 Å². The molecule has 3 nitrogen and oxygen atoms in total. The van der Waals surface area contributed by atoms with Crippen molar-refractivity contribution < 1.29 is 8.42 Å². The minimum absolute atomic E-state index is 0.252. The molecular weight excluding hydrogens is 330 g/mol. The zero-order valence-corrected chi connectivity index (χ0v) is 16.3. The van der Waals surface area contributed by atoms with Gasteiger partial charge in [-0.3, -0.25) is 0 Å².